The Morgan fingerprint density at radius 3 is 2.57 bits per heavy atom. The Balaban J connectivity index is 1.43. The molecule has 28 heavy (non-hydrogen) atoms. The molecule has 1 N–H and O–H groups in total. The fourth-order valence-electron chi connectivity index (χ4n) is 2.70. The van der Waals surface area contributed by atoms with Gasteiger partial charge in [0.2, 0.25) is 0 Å². The highest BCUT2D eigenvalue weighted by atomic mass is 16.5. The van der Waals surface area contributed by atoms with Gasteiger partial charge in [0.05, 0.1) is 5.56 Å². The predicted molar refractivity (Wildman–Crippen MR) is 105 cm³/mol. The van der Waals surface area contributed by atoms with E-state index in [-0.39, 0.29) is 5.91 Å². The number of amides is 1. The molecule has 0 aliphatic carbocycles. The number of aromatic nitrogens is 3. The molecule has 0 unspecified atom stereocenters. The van der Waals surface area contributed by atoms with Crippen LogP contribution in [0, 0.1) is 0 Å². The van der Waals surface area contributed by atoms with Crippen molar-refractivity contribution in [3.63, 3.8) is 0 Å². The number of nitrogens with one attached hydrogen (secondary N) is 1. The molecular weight excluding hydrogens is 352 g/mol. The number of ether oxygens (including phenoxy) is 1. The maximum atomic E-state index is 12.7. The molecule has 0 radical (unpaired) electrons. The van der Waals surface area contributed by atoms with Crippen LogP contribution in [-0.4, -0.2) is 20.4 Å². The summed E-state index contributed by atoms with van der Waals surface area (Å²) in [6.45, 7) is 0.371. The van der Waals surface area contributed by atoms with Gasteiger partial charge in [-0.05, 0) is 35.9 Å². The van der Waals surface area contributed by atoms with E-state index in [1.54, 1.807) is 30.9 Å². The highest BCUT2D eigenvalue weighted by Gasteiger charge is 2.12. The second-order valence-electron chi connectivity index (χ2n) is 6.09. The van der Waals surface area contributed by atoms with Crippen molar-refractivity contribution >= 4 is 5.91 Å². The van der Waals surface area contributed by atoms with E-state index >= 15 is 0 Å². The highest BCUT2D eigenvalue weighted by molar-refractivity contribution is 5.96. The predicted octanol–water partition coefficient (Wildman–Crippen LogP) is 3.99. The molecule has 0 saturated carbocycles. The van der Waals surface area contributed by atoms with Crippen LogP contribution in [0.25, 0.3) is 5.82 Å². The van der Waals surface area contributed by atoms with Crippen molar-refractivity contribution in [1.82, 2.24) is 19.9 Å². The molecule has 6 heteroatoms. The summed E-state index contributed by atoms with van der Waals surface area (Å²) in [6, 6.07) is 20.4. The lowest BCUT2D eigenvalue weighted by atomic mass is 10.1. The quantitative estimate of drug-likeness (QED) is 0.557. The number of nitrogens with zero attached hydrogens (tertiary/aromatic N) is 3. The molecule has 138 valence electrons. The number of hydrogen-bond acceptors (Lipinski definition) is 4. The van der Waals surface area contributed by atoms with Crippen molar-refractivity contribution in [3.05, 3.63) is 103 Å². The normalized spacial score (nSPS) is 10.4. The van der Waals surface area contributed by atoms with Crippen LogP contribution in [0.15, 0.2) is 91.6 Å². The molecule has 0 saturated heterocycles. The topological polar surface area (TPSA) is 69.0 Å². The van der Waals surface area contributed by atoms with Crippen LogP contribution in [0.5, 0.6) is 11.5 Å². The molecule has 4 rings (SSSR count). The number of carbonyl (C=O) groups is 1. The Bertz CT molecular complexity index is 1050. The van der Waals surface area contributed by atoms with Gasteiger partial charge in [-0.25, -0.2) is 9.97 Å². The molecule has 2 heterocycles. The van der Waals surface area contributed by atoms with Crippen molar-refractivity contribution < 1.29 is 9.53 Å². The summed E-state index contributed by atoms with van der Waals surface area (Å²) < 4.78 is 7.68. The average molecular weight is 370 g/mol. The standard InChI is InChI=1S/C22H18N4O2/c27-22(19-8-4-5-9-20(19)28-18-6-2-1-3-7-18)25-15-17-10-11-21(24-14-17)26-13-12-23-16-26/h1-14,16H,15H2,(H,25,27). The lowest BCUT2D eigenvalue weighted by molar-refractivity contribution is 0.0948. The number of pyridine rings is 1. The van der Waals surface area contributed by atoms with Gasteiger partial charge in [-0.2, -0.15) is 0 Å². The molecule has 1 amide bonds. The summed E-state index contributed by atoms with van der Waals surface area (Å²) >= 11 is 0. The minimum absolute atomic E-state index is 0.204. The number of rotatable bonds is 6. The molecular formula is C22H18N4O2. The van der Waals surface area contributed by atoms with Gasteiger partial charge in [-0.1, -0.05) is 36.4 Å². The van der Waals surface area contributed by atoms with Gasteiger partial charge in [0.1, 0.15) is 23.6 Å². The van der Waals surface area contributed by atoms with E-state index in [0.29, 0.717) is 23.6 Å². The molecule has 4 aromatic rings. The van der Waals surface area contributed by atoms with Gasteiger partial charge in [0.15, 0.2) is 0 Å². The smallest absolute Gasteiger partial charge is 0.255 e. The van der Waals surface area contributed by atoms with E-state index in [1.807, 2.05) is 65.4 Å². The molecule has 0 spiro atoms. The van der Waals surface area contributed by atoms with Crippen molar-refractivity contribution in [2.75, 3.05) is 0 Å². The number of para-hydroxylation sites is 2. The van der Waals surface area contributed by atoms with Crippen molar-refractivity contribution in [1.29, 1.82) is 0 Å². The second kappa shape index (κ2) is 8.18. The van der Waals surface area contributed by atoms with Crippen LogP contribution in [0.4, 0.5) is 0 Å². The third-order valence-corrected chi connectivity index (χ3v) is 4.13. The first-order chi connectivity index (χ1) is 13.8. The molecule has 0 fully saturated rings. The summed E-state index contributed by atoms with van der Waals surface area (Å²) in [4.78, 5) is 21.1. The average Bonchev–Trinajstić information content (AvgIpc) is 3.28. The fourth-order valence-corrected chi connectivity index (χ4v) is 2.70. The fraction of sp³-hybridized carbons (Fsp3) is 0.0455. The minimum atomic E-state index is -0.204. The summed E-state index contributed by atoms with van der Waals surface area (Å²) in [5, 5.41) is 2.92. The number of hydrogen-bond donors (Lipinski definition) is 1. The first-order valence-electron chi connectivity index (χ1n) is 8.83. The maximum Gasteiger partial charge on any atom is 0.255 e. The van der Waals surface area contributed by atoms with Crippen LogP contribution in [0.3, 0.4) is 0 Å². The van der Waals surface area contributed by atoms with E-state index in [0.717, 1.165) is 11.4 Å². The van der Waals surface area contributed by atoms with E-state index < -0.39 is 0 Å². The largest absolute Gasteiger partial charge is 0.457 e. The van der Waals surface area contributed by atoms with Crippen molar-refractivity contribution in [2.24, 2.45) is 0 Å². The summed E-state index contributed by atoms with van der Waals surface area (Å²) in [5.74, 6) is 1.77. The molecule has 0 atom stereocenters. The Morgan fingerprint density at radius 2 is 1.82 bits per heavy atom. The van der Waals surface area contributed by atoms with Gasteiger partial charge in [-0.3, -0.25) is 9.36 Å². The zero-order valence-electron chi connectivity index (χ0n) is 15.0. The van der Waals surface area contributed by atoms with E-state index in [4.69, 9.17) is 4.74 Å². The molecule has 0 bridgehead atoms. The molecule has 2 aromatic carbocycles. The molecule has 6 nitrogen and oxygen atoms in total. The molecule has 0 aliphatic heterocycles. The van der Waals surface area contributed by atoms with Crippen LogP contribution < -0.4 is 10.1 Å². The number of carbonyl (C=O) groups excluding carboxylic acids is 1. The monoisotopic (exact) mass is 370 g/mol. The van der Waals surface area contributed by atoms with E-state index in [2.05, 4.69) is 15.3 Å². The second-order valence-corrected chi connectivity index (χ2v) is 6.09. The Hall–Kier alpha value is -3.93. The highest BCUT2D eigenvalue weighted by Crippen LogP contribution is 2.25. The minimum Gasteiger partial charge on any atom is -0.457 e. The first-order valence-corrected chi connectivity index (χ1v) is 8.83. The lowest BCUT2D eigenvalue weighted by Gasteiger charge is -2.11. The number of imidazole rings is 1. The molecule has 2 aromatic heterocycles. The zero-order valence-corrected chi connectivity index (χ0v) is 15.0. The van der Waals surface area contributed by atoms with E-state index in [9.17, 15) is 4.79 Å². The molecule has 0 aliphatic rings. The zero-order chi connectivity index (χ0) is 19.2. The summed E-state index contributed by atoms with van der Waals surface area (Å²) in [7, 11) is 0. The van der Waals surface area contributed by atoms with Gasteiger partial charge >= 0.3 is 0 Å². The maximum absolute atomic E-state index is 12.7. The third-order valence-electron chi connectivity index (χ3n) is 4.13. The van der Waals surface area contributed by atoms with Crippen LogP contribution >= 0.6 is 0 Å². The van der Waals surface area contributed by atoms with Gasteiger partial charge < -0.3 is 10.1 Å². The van der Waals surface area contributed by atoms with E-state index in [1.165, 1.54) is 0 Å². The van der Waals surface area contributed by atoms with Crippen LogP contribution in [0.2, 0.25) is 0 Å². The van der Waals surface area contributed by atoms with Crippen LogP contribution in [-0.2, 0) is 6.54 Å². The summed E-state index contributed by atoms with van der Waals surface area (Å²) in [5.41, 5.74) is 1.38. The van der Waals surface area contributed by atoms with Gasteiger partial charge in [0, 0.05) is 25.1 Å². The number of benzene rings is 2. The van der Waals surface area contributed by atoms with Gasteiger partial charge in [0.25, 0.3) is 5.91 Å². The first kappa shape index (κ1) is 17.5. The van der Waals surface area contributed by atoms with Crippen molar-refractivity contribution in [3.8, 4) is 17.3 Å². The lowest BCUT2D eigenvalue weighted by Crippen LogP contribution is -2.23. The van der Waals surface area contributed by atoms with Gasteiger partial charge in [-0.15, -0.1) is 0 Å². The Morgan fingerprint density at radius 1 is 1.00 bits per heavy atom. The third kappa shape index (κ3) is 4.07. The Labute approximate surface area is 162 Å². The SMILES string of the molecule is O=C(NCc1ccc(-n2ccnc2)nc1)c1ccccc1Oc1ccccc1. The van der Waals surface area contributed by atoms with Crippen LogP contribution in [0.1, 0.15) is 15.9 Å². The van der Waals surface area contributed by atoms with Crippen molar-refractivity contribution in [2.45, 2.75) is 6.54 Å². The summed E-state index contributed by atoms with van der Waals surface area (Å²) in [6.07, 6.45) is 6.95. The Kier molecular flexibility index (Phi) is 5.11.